The Balaban J connectivity index is 2.10. The van der Waals surface area contributed by atoms with Gasteiger partial charge in [-0.3, -0.25) is 4.79 Å². The van der Waals surface area contributed by atoms with Crippen LogP contribution in [0.4, 0.5) is 0 Å². The number of fused-ring (bicyclic) bond motifs is 1. The molecule has 1 N–H and O–H groups in total. The number of ether oxygens (including phenoxy) is 1. The maximum Gasteiger partial charge on any atom is 0.295 e. The summed E-state index contributed by atoms with van der Waals surface area (Å²) in [6.45, 7) is 2.79. The fourth-order valence-corrected chi connectivity index (χ4v) is 3.69. The topological polar surface area (TPSA) is 180 Å². The molecule has 0 saturated carbocycles. The number of hydrogen-bond donors (Lipinski definition) is 1. The molecule has 33 heavy (non-hydrogen) atoms. The van der Waals surface area contributed by atoms with Crippen LogP contribution in [-0.4, -0.2) is 38.2 Å². The summed E-state index contributed by atoms with van der Waals surface area (Å²) in [5.41, 5.74) is -0.825. The zero-order valence-corrected chi connectivity index (χ0v) is 17.6. The normalized spacial score (nSPS) is 19.3. The molecule has 1 aliphatic rings. The summed E-state index contributed by atoms with van der Waals surface area (Å²) < 4.78 is 7.03. The van der Waals surface area contributed by atoms with Crippen molar-refractivity contribution in [1.29, 1.82) is 5.26 Å². The fraction of sp³-hybridized carbons (Fsp3) is 0.400. The minimum atomic E-state index is -1.28. The number of hydrogen-bond acceptors (Lipinski definition) is 10. The number of aromatic nitrogens is 1. The van der Waals surface area contributed by atoms with Crippen LogP contribution in [0.15, 0.2) is 41.3 Å². The Labute approximate surface area is 186 Å². The van der Waals surface area contributed by atoms with Crippen LogP contribution >= 0.6 is 0 Å². The van der Waals surface area contributed by atoms with Crippen LogP contribution in [0.2, 0.25) is 0 Å². The highest BCUT2D eigenvalue weighted by Crippen LogP contribution is 2.42. The van der Waals surface area contributed by atoms with E-state index in [2.05, 4.69) is 9.68 Å². The van der Waals surface area contributed by atoms with E-state index in [0.29, 0.717) is 11.3 Å². The van der Waals surface area contributed by atoms with Crippen LogP contribution in [0.25, 0.3) is 0 Å². The Kier molecular flexibility index (Phi) is 6.50. The lowest BCUT2D eigenvalue weighted by Gasteiger charge is -2.42. The monoisotopic (exact) mass is 460 g/mol. The number of pyridine rings is 1. The molecule has 1 aromatic carbocycles. The van der Waals surface area contributed by atoms with E-state index >= 15 is 0 Å². The number of aliphatic hydroxyl groups is 1. The first-order valence-corrected chi connectivity index (χ1v) is 9.75. The highest BCUT2D eigenvalue weighted by Gasteiger charge is 2.44. The Bertz CT molecular complexity index is 1170. The van der Waals surface area contributed by atoms with Crippen molar-refractivity contribution in [2.75, 3.05) is 6.61 Å². The number of rotatable bonds is 8. The van der Waals surface area contributed by atoms with E-state index in [9.17, 15) is 35.4 Å². The van der Waals surface area contributed by atoms with Gasteiger partial charge in [-0.2, -0.15) is 5.26 Å². The van der Waals surface area contributed by atoms with E-state index in [1.165, 1.54) is 22.9 Å². The molecule has 1 aliphatic heterocycles. The smallest absolute Gasteiger partial charge is 0.295 e. The summed E-state index contributed by atoms with van der Waals surface area (Å²) in [5, 5.41) is 39.6. The van der Waals surface area contributed by atoms with Gasteiger partial charge in [0, 0.05) is 24.2 Å². The Morgan fingerprint density at radius 3 is 2.64 bits per heavy atom. The van der Waals surface area contributed by atoms with Crippen molar-refractivity contribution < 1.29 is 29.7 Å². The van der Waals surface area contributed by atoms with E-state index in [0.717, 1.165) is 6.07 Å². The summed E-state index contributed by atoms with van der Waals surface area (Å²) >= 11 is 0. The van der Waals surface area contributed by atoms with Gasteiger partial charge in [-0.15, -0.1) is 20.2 Å². The summed E-state index contributed by atoms with van der Waals surface area (Å²) in [4.78, 5) is 43.0. The van der Waals surface area contributed by atoms with Crippen molar-refractivity contribution in [3.63, 3.8) is 0 Å². The molecule has 0 fully saturated rings. The molecule has 2 aromatic rings. The van der Waals surface area contributed by atoms with Gasteiger partial charge >= 0.3 is 0 Å². The fourth-order valence-electron chi connectivity index (χ4n) is 3.69. The van der Waals surface area contributed by atoms with Crippen molar-refractivity contribution in [3.8, 4) is 11.8 Å². The van der Waals surface area contributed by atoms with Crippen molar-refractivity contribution in [3.05, 3.63) is 83.8 Å². The van der Waals surface area contributed by atoms with E-state index in [4.69, 9.17) is 4.74 Å². The molecule has 0 amide bonds. The molecule has 1 aromatic heterocycles. The highest BCUT2D eigenvalue weighted by molar-refractivity contribution is 5.47. The summed E-state index contributed by atoms with van der Waals surface area (Å²) in [6.07, 6.45) is -1.49. The lowest BCUT2D eigenvalue weighted by Crippen LogP contribution is -2.52. The van der Waals surface area contributed by atoms with Gasteiger partial charge in [0.05, 0.1) is 24.3 Å². The highest BCUT2D eigenvalue weighted by atomic mass is 17.0. The largest absolute Gasteiger partial charge is 0.485 e. The van der Waals surface area contributed by atoms with E-state index in [1.807, 2.05) is 6.07 Å². The minimum absolute atomic E-state index is 0.160. The van der Waals surface area contributed by atoms with Crippen molar-refractivity contribution >= 4 is 0 Å². The molecule has 13 heteroatoms. The van der Waals surface area contributed by atoms with Crippen molar-refractivity contribution in [1.82, 2.24) is 4.57 Å². The first-order valence-electron chi connectivity index (χ1n) is 9.75. The molecule has 1 unspecified atom stereocenters. The Hall–Kier alpha value is -4.18. The maximum atomic E-state index is 12.8. The first-order chi connectivity index (χ1) is 15.5. The predicted molar refractivity (Wildman–Crippen MR) is 109 cm³/mol. The van der Waals surface area contributed by atoms with E-state index < -0.39 is 46.2 Å². The van der Waals surface area contributed by atoms with Gasteiger partial charge in [-0.25, -0.2) is 0 Å². The number of aliphatic hydroxyl groups excluding tert-OH is 1. The quantitative estimate of drug-likeness (QED) is 0.450. The van der Waals surface area contributed by atoms with E-state index in [-0.39, 0.29) is 17.5 Å². The summed E-state index contributed by atoms with van der Waals surface area (Å²) in [6, 6.07) is 8.04. The van der Waals surface area contributed by atoms with Gasteiger partial charge in [-0.1, -0.05) is 0 Å². The molecular formula is C20H20N4O9. The van der Waals surface area contributed by atoms with Crippen LogP contribution in [0, 0.1) is 31.6 Å². The van der Waals surface area contributed by atoms with Crippen molar-refractivity contribution in [2.45, 2.75) is 44.1 Å². The second kappa shape index (κ2) is 9.13. The zero-order chi connectivity index (χ0) is 24.3. The number of benzene rings is 1. The standard InChI is InChI=1S/C20H20N4O9/c1-20(2)19(26)18(14-9-12(10-21)3-5-16(14)32-20)22-11-13(4-6-17(22)25)15(33-24(29)30)7-8-31-23(27)28/h3-6,9,11,15,18-19,26H,7-8H2,1-2H3/t15?,18-,19+/m1/s1. The second-order valence-corrected chi connectivity index (χ2v) is 7.83. The third kappa shape index (κ3) is 5.01. The van der Waals surface area contributed by atoms with Gasteiger partial charge < -0.3 is 24.1 Å². The molecule has 3 rings (SSSR count). The summed E-state index contributed by atoms with van der Waals surface area (Å²) in [7, 11) is 0. The van der Waals surface area contributed by atoms with Gasteiger partial charge in [0.15, 0.2) is 0 Å². The van der Waals surface area contributed by atoms with Gasteiger partial charge in [0.2, 0.25) is 0 Å². The molecule has 0 spiro atoms. The van der Waals surface area contributed by atoms with Crippen LogP contribution < -0.4 is 10.3 Å². The van der Waals surface area contributed by atoms with E-state index in [1.54, 1.807) is 26.0 Å². The molecule has 0 radical (unpaired) electrons. The Morgan fingerprint density at radius 1 is 1.27 bits per heavy atom. The minimum Gasteiger partial charge on any atom is -0.485 e. The third-order valence-electron chi connectivity index (χ3n) is 5.26. The summed E-state index contributed by atoms with van der Waals surface area (Å²) in [5.74, 6) is 0.365. The van der Waals surface area contributed by atoms with Gasteiger partial charge in [0.25, 0.3) is 15.7 Å². The molecule has 0 aliphatic carbocycles. The molecule has 3 atom stereocenters. The molecule has 13 nitrogen and oxygen atoms in total. The van der Waals surface area contributed by atoms with Crippen LogP contribution in [-0.2, 0) is 9.68 Å². The second-order valence-electron chi connectivity index (χ2n) is 7.83. The third-order valence-corrected chi connectivity index (χ3v) is 5.26. The molecule has 0 bridgehead atoms. The average molecular weight is 460 g/mol. The number of nitriles is 1. The maximum absolute atomic E-state index is 12.8. The van der Waals surface area contributed by atoms with Crippen LogP contribution in [0.1, 0.15) is 49.1 Å². The number of nitrogens with zero attached hydrogens (tertiary/aromatic N) is 4. The van der Waals surface area contributed by atoms with Gasteiger partial charge in [0.1, 0.15) is 23.6 Å². The van der Waals surface area contributed by atoms with Gasteiger partial charge in [-0.05, 0) is 43.7 Å². The van der Waals surface area contributed by atoms with Crippen molar-refractivity contribution in [2.24, 2.45) is 0 Å². The average Bonchev–Trinajstić information content (AvgIpc) is 2.74. The Morgan fingerprint density at radius 2 is 2.00 bits per heavy atom. The predicted octanol–water partition coefficient (Wildman–Crippen LogP) is 1.69. The molecule has 174 valence electrons. The zero-order valence-electron chi connectivity index (χ0n) is 17.6. The lowest BCUT2D eigenvalue weighted by atomic mass is 9.85. The van der Waals surface area contributed by atoms with Crippen LogP contribution in [0.5, 0.6) is 5.75 Å². The first kappa shape index (κ1) is 23.5. The molecule has 2 heterocycles. The molecular weight excluding hydrogens is 440 g/mol. The van der Waals surface area contributed by atoms with Crippen LogP contribution in [0.3, 0.4) is 0 Å². The lowest BCUT2D eigenvalue weighted by molar-refractivity contribution is -0.776. The molecule has 0 saturated heterocycles. The SMILES string of the molecule is CC1(C)Oc2ccc(C#N)cc2[C@@H](n2cc(C(CCO[N+](=O)[O-])O[N+](=O)[O-])ccc2=O)[C@@H]1O.